The smallest absolute Gasteiger partial charge is 0.310 e. The van der Waals surface area contributed by atoms with Crippen LogP contribution in [0.15, 0.2) is 12.1 Å². The summed E-state index contributed by atoms with van der Waals surface area (Å²) in [5.74, 6) is -4.49. The predicted octanol–water partition coefficient (Wildman–Crippen LogP) is 4.10. The van der Waals surface area contributed by atoms with Crippen LogP contribution < -0.4 is 5.32 Å². The van der Waals surface area contributed by atoms with Crippen LogP contribution in [0.25, 0.3) is 0 Å². The third-order valence-electron chi connectivity index (χ3n) is 2.61. The molecule has 7 heteroatoms. The van der Waals surface area contributed by atoms with Crippen molar-refractivity contribution in [1.29, 1.82) is 0 Å². The lowest BCUT2D eigenvalue weighted by Gasteiger charge is -2.20. The van der Waals surface area contributed by atoms with Crippen molar-refractivity contribution < 1.29 is 26.3 Å². The van der Waals surface area contributed by atoms with E-state index < -0.39 is 42.5 Å². The summed E-state index contributed by atoms with van der Waals surface area (Å²) in [5, 5.41) is 2.63. The monoisotopic (exact) mass is 285 g/mol. The highest BCUT2D eigenvalue weighted by atomic mass is 19.4. The summed E-state index contributed by atoms with van der Waals surface area (Å²) in [5.41, 5.74) is -0.301. The molecule has 108 valence electrons. The van der Waals surface area contributed by atoms with E-state index in [1.807, 2.05) is 0 Å². The molecule has 0 saturated heterocycles. The Balaban J connectivity index is 2.96. The van der Waals surface area contributed by atoms with Crippen molar-refractivity contribution in [3.63, 3.8) is 0 Å². The average Bonchev–Trinajstić information content (AvgIpc) is 2.31. The summed E-state index contributed by atoms with van der Waals surface area (Å²) in [6.07, 6.45) is -5.97. The fourth-order valence-corrected chi connectivity index (χ4v) is 1.73. The second-order valence-corrected chi connectivity index (χ2v) is 4.03. The quantitative estimate of drug-likeness (QED) is 0.634. The molecule has 1 atom stereocenters. The first-order valence-corrected chi connectivity index (χ1v) is 5.69. The third-order valence-corrected chi connectivity index (χ3v) is 2.61. The Bertz CT molecular complexity index is 429. The lowest BCUT2D eigenvalue weighted by molar-refractivity contribution is -0.136. The summed E-state index contributed by atoms with van der Waals surface area (Å²) in [6, 6.07) is 0.644. The Hall–Kier alpha value is -1.24. The van der Waals surface area contributed by atoms with Gasteiger partial charge in [-0.2, -0.15) is 13.2 Å². The van der Waals surface area contributed by atoms with E-state index in [9.17, 15) is 26.3 Å². The van der Waals surface area contributed by atoms with Crippen molar-refractivity contribution >= 4 is 0 Å². The molecule has 0 bridgehead atoms. The number of benzene rings is 1. The molecule has 0 amide bonds. The third kappa shape index (κ3) is 4.41. The zero-order valence-corrected chi connectivity index (χ0v) is 10.1. The Morgan fingerprint density at radius 3 is 2.26 bits per heavy atom. The molecule has 1 N–H and O–H groups in total. The maximum atomic E-state index is 13.5. The first-order chi connectivity index (χ1) is 8.76. The number of halogens is 6. The Morgan fingerprint density at radius 1 is 1.11 bits per heavy atom. The minimum atomic E-state index is -4.39. The van der Waals surface area contributed by atoms with E-state index in [1.165, 1.54) is 0 Å². The van der Waals surface area contributed by atoms with Crippen molar-refractivity contribution in [3.8, 4) is 0 Å². The zero-order chi connectivity index (χ0) is 14.6. The predicted molar refractivity (Wildman–Crippen MR) is 58.0 cm³/mol. The van der Waals surface area contributed by atoms with E-state index >= 15 is 0 Å². The average molecular weight is 285 g/mol. The highest BCUT2D eigenvalue weighted by Crippen LogP contribution is 2.29. The van der Waals surface area contributed by atoms with Crippen LogP contribution in [0.2, 0.25) is 0 Å². The van der Waals surface area contributed by atoms with Gasteiger partial charge in [0.2, 0.25) is 0 Å². The topological polar surface area (TPSA) is 12.0 Å². The summed E-state index contributed by atoms with van der Waals surface area (Å²) < 4.78 is 75.8. The molecule has 1 aromatic rings. The van der Waals surface area contributed by atoms with Crippen LogP contribution in [0.1, 0.15) is 31.4 Å². The highest BCUT2D eigenvalue weighted by molar-refractivity contribution is 5.23. The van der Waals surface area contributed by atoms with Crippen molar-refractivity contribution in [2.75, 3.05) is 6.54 Å². The normalized spacial score (nSPS) is 13.6. The number of hydrogen-bond acceptors (Lipinski definition) is 1. The van der Waals surface area contributed by atoms with Gasteiger partial charge in [0.1, 0.15) is 0 Å². The highest BCUT2D eigenvalue weighted by Gasteiger charge is 2.30. The standard InChI is InChI=1S/C12H13F6N/c1-2-19-9(5-6-12(16,17)18)7-3-4-8(13)11(15)10(7)14/h3-4,9,19H,2,5-6H2,1H3. The van der Waals surface area contributed by atoms with Crippen molar-refractivity contribution in [2.45, 2.75) is 32.0 Å². The van der Waals surface area contributed by atoms with Crippen molar-refractivity contribution in [2.24, 2.45) is 0 Å². The number of rotatable bonds is 5. The van der Waals surface area contributed by atoms with Gasteiger partial charge >= 0.3 is 6.18 Å². The Labute approximate surface area is 106 Å². The van der Waals surface area contributed by atoms with Gasteiger partial charge in [-0.15, -0.1) is 0 Å². The van der Waals surface area contributed by atoms with E-state index in [4.69, 9.17) is 0 Å². The molecule has 0 aliphatic rings. The van der Waals surface area contributed by atoms with Gasteiger partial charge in [0.15, 0.2) is 17.5 Å². The van der Waals surface area contributed by atoms with E-state index in [-0.39, 0.29) is 12.1 Å². The fourth-order valence-electron chi connectivity index (χ4n) is 1.73. The summed E-state index contributed by atoms with van der Waals surface area (Å²) >= 11 is 0. The number of hydrogen-bond donors (Lipinski definition) is 1. The van der Waals surface area contributed by atoms with Gasteiger partial charge in [-0.25, -0.2) is 13.2 Å². The summed E-state index contributed by atoms with van der Waals surface area (Å²) in [7, 11) is 0. The maximum Gasteiger partial charge on any atom is 0.389 e. The van der Waals surface area contributed by atoms with Gasteiger partial charge in [-0.05, 0) is 19.0 Å². The van der Waals surface area contributed by atoms with Crippen LogP contribution >= 0.6 is 0 Å². The van der Waals surface area contributed by atoms with Gasteiger partial charge in [0.25, 0.3) is 0 Å². The summed E-state index contributed by atoms with van der Waals surface area (Å²) in [6.45, 7) is 1.90. The van der Waals surface area contributed by atoms with Crippen LogP contribution in [0.5, 0.6) is 0 Å². The molecule has 1 unspecified atom stereocenters. The second-order valence-electron chi connectivity index (χ2n) is 4.03. The molecule has 0 saturated carbocycles. The Kier molecular flexibility index (Phi) is 5.22. The molecule has 0 radical (unpaired) electrons. The molecule has 1 aromatic carbocycles. The van der Waals surface area contributed by atoms with Gasteiger partial charge in [-0.1, -0.05) is 13.0 Å². The maximum absolute atomic E-state index is 13.5. The molecule has 1 nitrogen and oxygen atoms in total. The van der Waals surface area contributed by atoms with Crippen molar-refractivity contribution in [1.82, 2.24) is 5.32 Å². The largest absolute Gasteiger partial charge is 0.389 e. The lowest BCUT2D eigenvalue weighted by atomic mass is 10.0. The fraction of sp³-hybridized carbons (Fsp3) is 0.500. The summed E-state index contributed by atoms with van der Waals surface area (Å²) in [4.78, 5) is 0. The minimum absolute atomic E-state index is 0.279. The van der Waals surface area contributed by atoms with Crippen LogP contribution in [0.3, 0.4) is 0 Å². The number of nitrogens with one attached hydrogen (secondary N) is 1. The minimum Gasteiger partial charge on any atom is -0.310 e. The van der Waals surface area contributed by atoms with Gasteiger partial charge in [0, 0.05) is 18.0 Å². The van der Waals surface area contributed by atoms with Gasteiger partial charge in [0.05, 0.1) is 0 Å². The molecule has 0 spiro atoms. The van der Waals surface area contributed by atoms with E-state index in [2.05, 4.69) is 5.32 Å². The molecule has 19 heavy (non-hydrogen) atoms. The van der Waals surface area contributed by atoms with Crippen LogP contribution in [-0.4, -0.2) is 12.7 Å². The first kappa shape index (κ1) is 15.8. The molecule has 0 aliphatic carbocycles. The van der Waals surface area contributed by atoms with Gasteiger partial charge in [-0.3, -0.25) is 0 Å². The molecule has 0 aliphatic heterocycles. The lowest BCUT2D eigenvalue weighted by Crippen LogP contribution is -2.24. The Morgan fingerprint density at radius 2 is 1.74 bits per heavy atom. The molecule has 1 rings (SSSR count). The SMILES string of the molecule is CCNC(CCC(F)(F)F)c1ccc(F)c(F)c1F. The zero-order valence-electron chi connectivity index (χ0n) is 10.1. The van der Waals surface area contributed by atoms with Crippen molar-refractivity contribution in [3.05, 3.63) is 35.1 Å². The van der Waals surface area contributed by atoms with E-state index in [0.717, 1.165) is 6.07 Å². The van der Waals surface area contributed by atoms with Crippen LogP contribution in [0.4, 0.5) is 26.3 Å². The van der Waals surface area contributed by atoms with Gasteiger partial charge < -0.3 is 5.32 Å². The molecule has 0 aromatic heterocycles. The van der Waals surface area contributed by atoms with Crippen LogP contribution in [-0.2, 0) is 0 Å². The van der Waals surface area contributed by atoms with E-state index in [1.54, 1.807) is 6.92 Å². The first-order valence-electron chi connectivity index (χ1n) is 5.69. The van der Waals surface area contributed by atoms with Crippen LogP contribution in [0, 0.1) is 17.5 Å². The van der Waals surface area contributed by atoms with E-state index in [0.29, 0.717) is 6.07 Å². The molecule has 0 fully saturated rings. The molecular formula is C12H13F6N. The molecular weight excluding hydrogens is 272 g/mol. The number of alkyl halides is 3. The molecule has 0 heterocycles. The second kappa shape index (κ2) is 6.27.